The molecule has 6 heteroatoms. The van der Waals surface area contributed by atoms with Crippen molar-refractivity contribution in [3.63, 3.8) is 0 Å². The second kappa shape index (κ2) is 3.79. The lowest BCUT2D eigenvalue weighted by atomic mass is 9.46. The number of aliphatic hydroxyl groups excluding tert-OH is 1. The van der Waals surface area contributed by atoms with E-state index in [-0.39, 0.29) is 41.5 Å². The van der Waals surface area contributed by atoms with Gasteiger partial charge in [-0.1, -0.05) is 20.8 Å². The van der Waals surface area contributed by atoms with E-state index in [0.717, 1.165) is 30.4 Å². The Morgan fingerprint density at radius 3 is 2.77 bits per heavy atom. The molecule has 7 rings (SSSR count). The molecule has 0 radical (unpaired) electrons. The number of carbonyl (C=O) groups is 1. The number of rotatable bonds is 1. The molecule has 0 aromatic heterocycles. The minimum Gasteiger partial charge on any atom is -0.458 e. The van der Waals surface area contributed by atoms with Gasteiger partial charge in [-0.15, -0.1) is 0 Å². The Bertz CT molecular complexity index is 819. The molecule has 0 aromatic rings. The van der Waals surface area contributed by atoms with E-state index in [0.29, 0.717) is 6.61 Å². The van der Waals surface area contributed by atoms with Gasteiger partial charge >= 0.3 is 5.97 Å². The maximum atomic E-state index is 12.1. The van der Waals surface area contributed by atoms with Crippen LogP contribution in [0.5, 0.6) is 0 Å². The first kappa shape index (κ1) is 15.0. The van der Waals surface area contributed by atoms with Crippen LogP contribution in [0.3, 0.4) is 0 Å². The summed E-state index contributed by atoms with van der Waals surface area (Å²) in [6.45, 7) is 6.91. The summed E-state index contributed by atoms with van der Waals surface area (Å²) in [6, 6.07) is 0. The van der Waals surface area contributed by atoms with Crippen LogP contribution in [-0.2, 0) is 23.7 Å². The normalized spacial score (nSPS) is 63.1. The fourth-order valence-corrected chi connectivity index (χ4v) is 7.70. The first-order chi connectivity index (χ1) is 12.3. The van der Waals surface area contributed by atoms with Crippen LogP contribution in [0.1, 0.15) is 40.0 Å². The molecule has 0 aromatic carbocycles. The highest BCUT2D eigenvalue weighted by atomic mass is 16.7. The van der Waals surface area contributed by atoms with Gasteiger partial charge in [-0.3, -0.25) is 0 Å². The van der Waals surface area contributed by atoms with Crippen LogP contribution in [-0.4, -0.2) is 58.9 Å². The van der Waals surface area contributed by atoms with Gasteiger partial charge in [0.15, 0.2) is 5.60 Å². The van der Waals surface area contributed by atoms with Crippen molar-refractivity contribution in [2.24, 2.45) is 17.3 Å². The zero-order valence-electron chi connectivity index (χ0n) is 15.3. The predicted molar refractivity (Wildman–Crippen MR) is 87.1 cm³/mol. The minimum atomic E-state index is -0.654. The van der Waals surface area contributed by atoms with E-state index >= 15 is 0 Å². The first-order valence-electron chi connectivity index (χ1n) is 9.95. The van der Waals surface area contributed by atoms with E-state index < -0.39 is 22.9 Å². The van der Waals surface area contributed by atoms with Gasteiger partial charge in [-0.2, -0.15) is 0 Å². The van der Waals surface area contributed by atoms with Crippen LogP contribution in [0, 0.1) is 17.3 Å². The van der Waals surface area contributed by atoms with E-state index in [1.165, 1.54) is 0 Å². The van der Waals surface area contributed by atoms with E-state index in [2.05, 4.69) is 20.8 Å². The van der Waals surface area contributed by atoms with E-state index in [1.807, 2.05) is 0 Å². The smallest absolute Gasteiger partial charge is 0.334 e. The number of ether oxygens (including phenoxy) is 4. The molecule has 4 aliphatic heterocycles. The van der Waals surface area contributed by atoms with Crippen molar-refractivity contribution < 1.29 is 28.8 Å². The van der Waals surface area contributed by atoms with Crippen molar-refractivity contribution in [3.05, 3.63) is 11.1 Å². The quantitative estimate of drug-likeness (QED) is 0.557. The molecule has 3 aliphatic carbocycles. The molecule has 2 spiro atoms. The Kier molecular flexibility index (Phi) is 2.19. The summed E-state index contributed by atoms with van der Waals surface area (Å²) in [5.41, 5.74) is 0.230. The lowest BCUT2D eigenvalue weighted by Crippen LogP contribution is -2.69. The van der Waals surface area contributed by atoms with Crippen LogP contribution < -0.4 is 0 Å². The zero-order chi connectivity index (χ0) is 17.9. The van der Waals surface area contributed by atoms with Crippen molar-refractivity contribution in [1.82, 2.24) is 0 Å². The highest BCUT2D eigenvalue weighted by Gasteiger charge is 3.00. The molecule has 26 heavy (non-hydrogen) atoms. The Labute approximate surface area is 151 Å². The van der Waals surface area contributed by atoms with Crippen molar-refractivity contribution in [2.75, 3.05) is 6.61 Å². The standard InChI is InChI=1S/C20H24O6/c1-8(2)18-13(25-18)14-20(26-14)17(3)5-4-9-10(7-23-15(9)21)11(17)6-12-19(20,24-12)16(18)22/h8,11-14,16,22H,4-7H2,1-3H3/t11-,12+,13-,14-,16+,17-,18-,19-,20+/m0/s1. The molecule has 0 bridgehead atoms. The van der Waals surface area contributed by atoms with Crippen LogP contribution in [0.2, 0.25) is 0 Å². The summed E-state index contributed by atoms with van der Waals surface area (Å²) in [5, 5.41) is 11.4. The van der Waals surface area contributed by atoms with Gasteiger partial charge in [-0.05, 0) is 36.7 Å². The Morgan fingerprint density at radius 2 is 2.00 bits per heavy atom. The number of hydrogen-bond donors (Lipinski definition) is 1. The number of cyclic esters (lactones) is 1. The molecule has 3 saturated heterocycles. The fourth-order valence-electron chi connectivity index (χ4n) is 7.70. The molecule has 0 amide bonds. The molecule has 140 valence electrons. The summed E-state index contributed by atoms with van der Waals surface area (Å²) in [5.74, 6) is 0.297. The third-order valence-electron chi connectivity index (χ3n) is 9.10. The van der Waals surface area contributed by atoms with Crippen LogP contribution in [0.25, 0.3) is 0 Å². The van der Waals surface area contributed by atoms with E-state index in [9.17, 15) is 9.90 Å². The maximum Gasteiger partial charge on any atom is 0.334 e. The summed E-state index contributed by atoms with van der Waals surface area (Å²) in [7, 11) is 0. The van der Waals surface area contributed by atoms with Gasteiger partial charge in [0.05, 0.1) is 6.10 Å². The predicted octanol–water partition coefficient (Wildman–Crippen LogP) is 1.10. The fraction of sp³-hybridized carbons (Fsp3) is 0.850. The highest BCUT2D eigenvalue weighted by molar-refractivity contribution is 5.92. The van der Waals surface area contributed by atoms with Crippen LogP contribution in [0.4, 0.5) is 0 Å². The second-order valence-corrected chi connectivity index (χ2v) is 9.91. The molecular formula is C20H24O6. The average Bonchev–Trinajstić information content (AvgIpc) is 3.47. The molecule has 1 N–H and O–H groups in total. The molecule has 5 fully saturated rings. The summed E-state index contributed by atoms with van der Waals surface area (Å²) in [4.78, 5) is 12.1. The molecule has 2 saturated carbocycles. The number of hydrogen-bond acceptors (Lipinski definition) is 6. The topological polar surface area (TPSA) is 84.1 Å². The Morgan fingerprint density at radius 1 is 1.19 bits per heavy atom. The van der Waals surface area contributed by atoms with Gasteiger partial charge in [0.2, 0.25) is 0 Å². The molecule has 0 unspecified atom stereocenters. The van der Waals surface area contributed by atoms with Crippen LogP contribution in [0.15, 0.2) is 11.1 Å². The zero-order valence-corrected chi connectivity index (χ0v) is 15.3. The minimum absolute atomic E-state index is 0.00808. The van der Waals surface area contributed by atoms with E-state index in [4.69, 9.17) is 18.9 Å². The third-order valence-corrected chi connectivity index (χ3v) is 9.10. The molecule has 4 heterocycles. The van der Waals surface area contributed by atoms with Gasteiger partial charge in [0, 0.05) is 11.0 Å². The number of epoxide rings is 3. The molecular weight excluding hydrogens is 336 g/mol. The molecule has 6 nitrogen and oxygen atoms in total. The van der Waals surface area contributed by atoms with Gasteiger partial charge in [0.25, 0.3) is 0 Å². The number of fused-ring (bicyclic) bond motifs is 4. The van der Waals surface area contributed by atoms with Gasteiger partial charge < -0.3 is 24.1 Å². The van der Waals surface area contributed by atoms with E-state index in [1.54, 1.807) is 0 Å². The SMILES string of the molecule is CC(C)[C@]12O[C@H]1[C@@H]1O[C@]13[C@@]1(O[C@@H]1C[C@H]1C4=C(CC[C@@]13C)C(=O)OC4)[C@@H]2O. The lowest BCUT2D eigenvalue weighted by Gasteiger charge is -2.53. The largest absolute Gasteiger partial charge is 0.458 e. The van der Waals surface area contributed by atoms with Crippen molar-refractivity contribution >= 4 is 5.97 Å². The van der Waals surface area contributed by atoms with Crippen LogP contribution >= 0.6 is 0 Å². The third kappa shape index (κ3) is 1.14. The summed E-state index contributed by atoms with van der Waals surface area (Å²) in [6.07, 6.45) is 1.71. The van der Waals surface area contributed by atoms with Gasteiger partial charge in [0.1, 0.15) is 36.1 Å². The lowest BCUT2D eigenvalue weighted by molar-refractivity contribution is -0.136. The molecule has 9 atom stereocenters. The van der Waals surface area contributed by atoms with Crippen molar-refractivity contribution in [1.29, 1.82) is 0 Å². The number of esters is 1. The average molecular weight is 360 g/mol. The number of carbonyl (C=O) groups excluding carboxylic acids is 1. The Hall–Kier alpha value is -0.950. The summed E-state index contributed by atoms with van der Waals surface area (Å²) >= 11 is 0. The second-order valence-electron chi connectivity index (χ2n) is 9.91. The maximum absolute atomic E-state index is 12.1. The van der Waals surface area contributed by atoms with Crippen molar-refractivity contribution in [3.8, 4) is 0 Å². The monoisotopic (exact) mass is 360 g/mol. The molecule has 7 aliphatic rings. The van der Waals surface area contributed by atoms with Crippen molar-refractivity contribution in [2.45, 2.75) is 81.3 Å². The summed E-state index contributed by atoms with van der Waals surface area (Å²) < 4.78 is 24.3. The highest BCUT2D eigenvalue weighted by Crippen LogP contribution is 2.82. The first-order valence-corrected chi connectivity index (χ1v) is 9.95. The Balaban J connectivity index is 1.39. The number of aliphatic hydroxyl groups is 1. The van der Waals surface area contributed by atoms with Gasteiger partial charge in [-0.25, -0.2) is 4.79 Å².